The second-order valence-electron chi connectivity index (χ2n) is 5.07. The number of anilines is 3. The van der Waals surface area contributed by atoms with E-state index in [2.05, 4.69) is 5.32 Å². The minimum Gasteiger partial charge on any atom is -0.478 e. The molecular weight excluding hydrogens is 407 g/mol. The average Bonchev–Trinajstić information content (AvgIpc) is 2.64. The molecule has 0 amide bonds. The van der Waals surface area contributed by atoms with Gasteiger partial charge in [0.25, 0.3) is 3.79 Å². The first-order chi connectivity index (χ1) is 12.8. The molecule has 0 saturated carbocycles. The highest BCUT2D eigenvalue weighted by atomic mass is 35.6. The van der Waals surface area contributed by atoms with E-state index in [1.165, 1.54) is 0 Å². The van der Waals surface area contributed by atoms with Gasteiger partial charge in [0.15, 0.2) is 0 Å². The standard InChI is InChI=1S/C12H11N.C6H7N.C2HCl3O2/c1-3-7-11(8-4-1)13-12-9-5-2-6-10-12;7-6-4-2-1-3-5-6;3-2(4,5)1(6)7/h1-10,13H;1-5H,7H2;(H,6,7). The molecule has 0 spiro atoms. The Morgan fingerprint density at radius 3 is 1.26 bits per heavy atom. The molecule has 0 radical (unpaired) electrons. The SMILES string of the molecule is Nc1ccccc1.O=C(O)C(Cl)(Cl)Cl.c1ccc(Nc2ccccc2)cc1. The topological polar surface area (TPSA) is 75.4 Å². The zero-order valence-electron chi connectivity index (χ0n) is 14.2. The average molecular weight is 426 g/mol. The minimum absolute atomic E-state index is 0.822. The zero-order valence-corrected chi connectivity index (χ0v) is 16.5. The number of alkyl halides is 3. The predicted octanol–water partition coefficient (Wildman–Crippen LogP) is 6.14. The van der Waals surface area contributed by atoms with Gasteiger partial charge >= 0.3 is 5.97 Å². The molecule has 7 heteroatoms. The van der Waals surface area contributed by atoms with Gasteiger partial charge in [-0.1, -0.05) is 89.4 Å². The molecule has 27 heavy (non-hydrogen) atoms. The number of nitrogen functional groups attached to an aromatic ring is 1. The van der Waals surface area contributed by atoms with Crippen LogP contribution in [0.2, 0.25) is 0 Å². The first-order valence-electron chi connectivity index (χ1n) is 7.77. The van der Waals surface area contributed by atoms with Crippen LogP contribution in [0.15, 0.2) is 91.0 Å². The van der Waals surface area contributed by atoms with Gasteiger partial charge in [-0.05, 0) is 36.4 Å². The number of aliphatic carboxylic acids is 1. The Balaban J connectivity index is 0.000000223. The fourth-order valence-electron chi connectivity index (χ4n) is 1.66. The highest BCUT2D eigenvalue weighted by Gasteiger charge is 2.29. The molecule has 0 aliphatic rings. The van der Waals surface area contributed by atoms with E-state index in [0.717, 1.165) is 17.1 Å². The molecule has 0 bridgehead atoms. The number of para-hydroxylation sites is 3. The van der Waals surface area contributed by atoms with E-state index < -0.39 is 9.76 Å². The summed E-state index contributed by atoms with van der Waals surface area (Å²) in [4.78, 5) is 9.62. The fourth-order valence-corrected chi connectivity index (χ4v) is 1.66. The van der Waals surface area contributed by atoms with Crippen LogP contribution in [0.4, 0.5) is 17.1 Å². The van der Waals surface area contributed by atoms with E-state index in [1.807, 2.05) is 91.0 Å². The van der Waals surface area contributed by atoms with E-state index >= 15 is 0 Å². The summed E-state index contributed by atoms with van der Waals surface area (Å²) >= 11 is 14.4. The summed E-state index contributed by atoms with van der Waals surface area (Å²) in [5, 5.41) is 11.2. The van der Waals surface area contributed by atoms with Crippen LogP contribution in [0.5, 0.6) is 0 Å². The Morgan fingerprint density at radius 2 is 1.04 bits per heavy atom. The lowest BCUT2D eigenvalue weighted by Crippen LogP contribution is -2.16. The summed E-state index contributed by atoms with van der Waals surface area (Å²) in [6.45, 7) is 0. The van der Waals surface area contributed by atoms with E-state index in [0.29, 0.717) is 0 Å². The molecule has 4 N–H and O–H groups in total. The van der Waals surface area contributed by atoms with Crippen LogP contribution in [0.3, 0.4) is 0 Å². The van der Waals surface area contributed by atoms with Gasteiger partial charge in [-0.3, -0.25) is 0 Å². The molecule has 4 nitrogen and oxygen atoms in total. The monoisotopic (exact) mass is 424 g/mol. The fraction of sp³-hybridized carbons (Fsp3) is 0.0500. The highest BCUT2D eigenvalue weighted by molar-refractivity contribution is 6.75. The van der Waals surface area contributed by atoms with Crippen molar-refractivity contribution in [3.63, 3.8) is 0 Å². The van der Waals surface area contributed by atoms with Crippen LogP contribution >= 0.6 is 34.8 Å². The first kappa shape index (κ1) is 22.6. The third-order valence-electron chi connectivity index (χ3n) is 2.88. The van der Waals surface area contributed by atoms with Gasteiger partial charge in [0, 0.05) is 17.1 Å². The third-order valence-corrected chi connectivity index (χ3v) is 3.36. The molecule has 0 saturated heterocycles. The summed E-state index contributed by atoms with van der Waals surface area (Å²) in [6.07, 6.45) is 0. The summed E-state index contributed by atoms with van der Waals surface area (Å²) in [5.41, 5.74) is 8.42. The van der Waals surface area contributed by atoms with Gasteiger partial charge in [0.1, 0.15) is 0 Å². The van der Waals surface area contributed by atoms with Gasteiger partial charge in [0.2, 0.25) is 0 Å². The summed E-state index contributed by atoms with van der Waals surface area (Å²) in [6, 6.07) is 29.8. The number of nitrogens with two attached hydrogens (primary N) is 1. The summed E-state index contributed by atoms with van der Waals surface area (Å²) in [5.74, 6) is -1.46. The normalized spacial score (nSPS) is 9.74. The van der Waals surface area contributed by atoms with Crippen molar-refractivity contribution < 1.29 is 9.90 Å². The molecular formula is C20H19Cl3N2O2. The van der Waals surface area contributed by atoms with Gasteiger partial charge < -0.3 is 16.2 Å². The number of halogens is 3. The van der Waals surface area contributed by atoms with Crippen molar-refractivity contribution in [3.8, 4) is 0 Å². The lowest BCUT2D eigenvalue weighted by molar-refractivity contribution is -0.135. The number of hydrogen-bond donors (Lipinski definition) is 3. The largest absolute Gasteiger partial charge is 0.478 e. The number of benzene rings is 3. The maximum atomic E-state index is 9.62. The number of rotatable bonds is 2. The molecule has 0 aliphatic heterocycles. The molecule has 0 fully saturated rings. The van der Waals surface area contributed by atoms with E-state index in [9.17, 15) is 4.79 Å². The van der Waals surface area contributed by atoms with Gasteiger partial charge in [0.05, 0.1) is 0 Å². The molecule has 0 atom stereocenters. The molecule has 0 heterocycles. The lowest BCUT2D eigenvalue weighted by Gasteiger charge is -2.04. The quantitative estimate of drug-likeness (QED) is 0.340. The minimum atomic E-state index is -2.17. The van der Waals surface area contributed by atoms with Crippen LogP contribution in [-0.2, 0) is 4.79 Å². The predicted molar refractivity (Wildman–Crippen MR) is 115 cm³/mol. The second-order valence-corrected chi connectivity index (χ2v) is 7.35. The van der Waals surface area contributed by atoms with E-state index in [-0.39, 0.29) is 0 Å². The van der Waals surface area contributed by atoms with Crippen molar-refractivity contribution in [2.24, 2.45) is 0 Å². The van der Waals surface area contributed by atoms with Crippen molar-refractivity contribution in [1.82, 2.24) is 0 Å². The van der Waals surface area contributed by atoms with E-state index in [1.54, 1.807) is 0 Å². The van der Waals surface area contributed by atoms with Gasteiger partial charge in [-0.25, -0.2) is 4.79 Å². The second kappa shape index (κ2) is 12.1. The first-order valence-corrected chi connectivity index (χ1v) is 8.90. The summed E-state index contributed by atoms with van der Waals surface area (Å²) in [7, 11) is 0. The van der Waals surface area contributed by atoms with Crippen LogP contribution < -0.4 is 11.1 Å². The smallest absolute Gasteiger partial charge is 0.356 e. The van der Waals surface area contributed by atoms with Crippen molar-refractivity contribution in [3.05, 3.63) is 91.0 Å². The van der Waals surface area contributed by atoms with Gasteiger partial charge in [-0.15, -0.1) is 0 Å². The number of hydrogen-bond acceptors (Lipinski definition) is 3. The van der Waals surface area contributed by atoms with Crippen molar-refractivity contribution in [2.45, 2.75) is 3.79 Å². The van der Waals surface area contributed by atoms with E-state index in [4.69, 9.17) is 45.6 Å². The number of carbonyl (C=O) groups is 1. The number of carboxylic acid groups (broad SMARTS) is 1. The molecule has 0 aromatic heterocycles. The molecule has 3 aromatic carbocycles. The summed E-state index contributed by atoms with van der Waals surface area (Å²) < 4.78 is -2.17. The Hall–Kier alpha value is -2.40. The Kier molecular flexibility index (Phi) is 10.1. The number of nitrogens with one attached hydrogen (secondary N) is 1. The highest BCUT2D eigenvalue weighted by Crippen LogP contribution is 2.25. The molecule has 142 valence electrons. The maximum Gasteiger partial charge on any atom is 0.356 e. The molecule has 3 aromatic rings. The van der Waals surface area contributed by atoms with Crippen molar-refractivity contribution >= 4 is 57.8 Å². The molecule has 0 aliphatic carbocycles. The Labute approximate surface area is 173 Å². The van der Waals surface area contributed by atoms with Crippen LogP contribution in [0.1, 0.15) is 0 Å². The molecule has 3 rings (SSSR count). The lowest BCUT2D eigenvalue weighted by atomic mass is 10.3. The Morgan fingerprint density at radius 1 is 0.741 bits per heavy atom. The van der Waals surface area contributed by atoms with Crippen LogP contribution in [0.25, 0.3) is 0 Å². The van der Waals surface area contributed by atoms with Crippen molar-refractivity contribution in [1.29, 1.82) is 0 Å². The van der Waals surface area contributed by atoms with Crippen molar-refractivity contribution in [2.75, 3.05) is 11.1 Å². The molecule has 0 unspecified atom stereocenters. The maximum absolute atomic E-state index is 9.62. The third kappa shape index (κ3) is 11.0. The zero-order chi connectivity index (χ0) is 20.1. The Bertz CT molecular complexity index is 743. The number of carboxylic acids is 1. The van der Waals surface area contributed by atoms with Crippen LogP contribution in [-0.4, -0.2) is 14.9 Å². The van der Waals surface area contributed by atoms with Crippen LogP contribution in [0, 0.1) is 0 Å². The van der Waals surface area contributed by atoms with Gasteiger partial charge in [-0.2, -0.15) is 0 Å².